The summed E-state index contributed by atoms with van der Waals surface area (Å²) in [5, 5.41) is 5.11. The number of halogens is 3. The fourth-order valence-electron chi connectivity index (χ4n) is 2.04. The van der Waals surface area contributed by atoms with Crippen LogP contribution in [0.1, 0.15) is 17.3 Å². The lowest BCUT2D eigenvalue weighted by Gasteiger charge is -2.21. The third-order valence-corrected chi connectivity index (χ3v) is 4.15. The molecule has 2 aromatic heterocycles. The monoisotopic (exact) mass is 455 g/mol. The Balaban J connectivity index is 0.00000264. The van der Waals surface area contributed by atoms with E-state index in [1.165, 1.54) is 17.3 Å². The predicted octanol–water partition coefficient (Wildman–Crippen LogP) is 3.21. The van der Waals surface area contributed by atoms with Crippen LogP contribution in [0, 0.1) is 0 Å². The fraction of sp³-hybridized carbons (Fsp3) is 0.429. The zero-order chi connectivity index (χ0) is 15.9. The lowest BCUT2D eigenvalue weighted by Crippen LogP contribution is -2.40. The van der Waals surface area contributed by atoms with Gasteiger partial charge in [0.05, 0.1) is 6.54 Å². The molecule has 2 rings (SSSR count). The number of hydrogen-bond acceptors (Lipinski definition) is 3. The molecule has 1 N–H and O–H groups in total. The number of likely N-dealkylation sites (N-methyl/N-ethyl adjacent to an activating group) is 1. The number of nitrogens with one attached hydrogen (secondary N) is 1. The maximum atomic E-state index is 12.8. The highest BCUT2D eigenvalue weighted by Gasteiger charge is 2.12. The molecule has 2 aromatic rings. The molecule has 0 unspecified atom stereocenters. The Labute approximate surface area is 155 Å². The maximum absolute atomic E-state index is 12.8. The molecule has 0 bridgehead atoms. The fourth-order valence-corrected chi connectivity index (χ4v) is 2.74. The Bertz CT molecular complexity index is 600. The summed E-state index contributed by atoms with van der Waals surface area (Å²) in [7, 11) is 3.59. The quantitative estimate of drug-likeness (QED) is 0.414. The highest BCUT2D eigenvalue weighted by Crippen LogP contribution is 2.12. The van der Waals surface area contributed by atoms with Gasteiger partial charge in [0.25, 0.3) is 0 Å². The number of aromatic nitrogens is 2. The molecule has 0 aliphatic heterocycles. The molecule has 5 nitrogen and oxygen atoms in total. The molecule has 0 saturated heterocycles. The van der Waals surface area contributed by atoms with Gasteiger partial charge in [0.1, 0.15) is 5.82 Å². The highest BCUT2D eigenvalue weighted by molar-refractivity contribution is 14.0. The molecule has 0 amide bonds. The number of aliphatic imine (C=N–C) groups is 1. The van der Waals surface area contributed by atoms with Crippen LogP contribution in [0.3, 0.4) is 0 Å². The smallest absolute Gasteiger partial charge is 0.319 e. The average Bonchev–Trinajstić information content (AvgIpc) is 3.17. The number of guanidine groups is 1. The molecule has 0 spiro atoms. The van der Waals surface area contributed by atoms with Gasteiger partial charge in [-0.15, -0.1) is 35.3 Å². The SMILES string of the molecule is CN=C(NCc1nccn1C(F)F)N(C)CCc1cccs1.I. The van der Waals surface area contributed by atoms with Gasteiger partial charge in [0.15, 0.2) is 5.96 Å². The third kappa shape index (κ3) is 5.72. The van der Waals surface area contributed by atoms with E-state index < -0.39 is 6.55 Å². The molecular formula is C14H20F2IN5S. The molecule has 0 aliphatic rings. The summed E-state index contributed by atoms with van der Waals surface area (Å²) in [6, 6.07) is 4.12. The summed E-state index contributed by atoms with van der Waals surface area (Å²) in [4.78, 5) is 11.4. The van der Waals surface area contributed by atoms with Crippen molar-refractivity contribution in [2.75, 3.05) is 20.6 Å². The van der Waals surface area contributed by atoms with Crippen LogP contribution in [-0.2, 0) is 13.0 Å². The van der Waals surface area contributed by atoms with Crippen molar-refractivity contribution >= 4 is 41.3 Å². The minimum absolute atomic E-state index is 0. The van der Waals surface area contributed by atoms with Crippen molar-refractivity contribution in [3.05, 3.63) is 40.6 Å². The molecule has 128 valence electrons. The first kappa shape index (κ1) is 19.8. The Morgan fingerprint density at radius 1 is 1.52 bits per heavy atom. The number of imidazole rings is 1. The van der Waals surface area contributed by atoms with E-state index in [1.807, 2.05) is 23.4 Å². The summed E-state index contributed by atoms with van der Waals surface area (Å²) in [6.07, 6.45) is 3.55. The van der Waals surface area contributed by atoms with Crippen LogP contribution < -0.4 is 5.32 Å². The van der Waals surface area contributed by atoms with Crippen LogP contribution in [0.2, 0.25) is 0 Å². The summed E-state index contributed by atoms with van der Waals surface area (Å²) in [5.41, 5.74) is 0. The zero-order valence-electron chi connectivity index (χ0n) is 12.9. The molecule has 9 heteroatoms. The number of rotatable bonds is 6. The largest absolute Gasteiger partial charge is 0.349 e. The topological polar surface area (TPSA) is 45.5 Å². The summed E-state index contributed by atoms with van der Waals surface area (Å²) >= 11 is 1.72. The number of nitrogens with zero attached hydrogens (tertiary/aromatic N) is 4. The number of hydrogen-bond donors (Lipinski definition) is 1. The summed E-state index contributed by atoms with van der Waals surface area (Å²) < 4.78 is 26.4. The third-order valence-electron chi connectivity index (χ3n) is 3.21. The lowest BCUT2D eigenvalue weighted by atomic mass is 10.3. The van der Waals surface area contributed by atoms with Gasteiger partial charge in [-0.2, -0.15) is 8.78 Å². The molecular weight excluding hydrogens is 435 g/mol. The number of thiophene rings is 1. The normalized spacial score (nSPS) is 11.4. The van der Waals surface area contributed by atoms with Gasteiger partial charge in [-0.05, 0) is 17.9 Å². The van der Waals surface area contributed by atoms with Crippen molar-refractivity contribution in [3.8, 4) is 0 Å². The van der Waals surface area contributed by atoms with E-state index in [1.54, 1.807) is 18.4 Å². The van der Waals surface area contributed by atoms with Crippen LogP contribution in [0.25, 0.3) is 0 Å². The van der Waals surface area contributed by atoms with Gasteiger partial charge in [-0.25, -0.2) is 4.98 Å². The van der Waals surface area contributed by atoms with Crippen molar-refractivity contribution in [3.63, 3.8) is 0 Å². The van der Waals surface area contributed by atoms with Crippen LogP contribution >= 0.6 is 35.3 Å². The molecule has 0 fully saturated rings. The standard InChI is InChI=1S/C14H19F2N5S.HI/c1-17-14(20(2)7-5-11-4-3-9-22-11)19-10-12-18-6-8-21(12)13(15)16;/h3-4,6,8-9,13H,5,7,10H2,1-2H3,(H,17,19);1H. The molecule has 0 atom stereocenters. The zero-order valence-corrected chi connectivity index (χ0v) is 16.1. The second kappa shape index (κ2) is 9.81. The van der Waals surface area contributed by atoms with Crippen molar-refractivity contribution < 1.29 is 8.78 Å². The van der Waals surface area contributed by atoms with Gasteiger partial charge in [0, 0.05) is 37.9 Å². The van der Waals surface area contributed by atoms with E-state index in [-0.39, 0.29) is 36.3 Å². The molecule has 0 radical (unpaired) electrons. The van der Waals surface area contributed by atoms with Crippen molar-refractivity contribution in [2.24, 2.45) is 4.99 Å². The van der Waals surface area contributed by atoms with Crippen molar-refractivity contribution in [1.82, 2.24) is 19.8 Å². The minimum atomic E-state index is -2.59. The Kier molecular flexibility index (Phi) is 8.45. The summed E-state index contributed by atoms with van der Waals surface area (Å²) in [5.74, 6) is 0.933. The first-order valence-corrected chi connectivity index (χ1v) is 7.73. The van der Waals surface area contributed by atoms with Crippen molar-refractivity contribution in [1.29, 1.82) is 0 Å². The van der Waals surface area contributed by atoms with Crippen LogP contribution in [0.4, 0.5) is 8.78 Å². The van der Waals surface area contributed by atoms with Gasteiger partial charge >= 0.3 is 6.55 Å². The van der Waals surface area contributed by atoms with Gasteiger partial charge < -0.3 is 10.2 Å². The van der Waals surface area contributed by atoms with Crippen LogP contribution in [-0.4, -0.2) is 41.1 Å². The Morgan fingerprint density at radius 3 is 2.91 bits per heavy atom. The van der Waals surface area contributed by atoms with E-state index in [4.69, 9.17) is 0 Å². The van der Waals surface area contributed by atoms with E-state index in [2.05, 4.69) is 21.4 Å². The second-order valence-corrected chi connectivity index (χ2v) is 5.71. The van der Waals surface area contributed by atoms with Crippen LogP contribution in [0.5, 0.6) is 0 Å². The van der Waals surface area contributed by atoms with E-state index in [0.717, 1.165) is 17.5 Å². The van der Waals surface area contributed by atoms with Gasteiger partial charge in [0.2, 0.25) is 0 Å². The molecule has 0 saturated carbocycles. The molecule has 0 aliphatic carbocycles. The highest BCUT2D eigenvalue weighted by atomic mass is 127. The maximum Gasteiger partial charge on any atom is 0.319 e. The van der Waals surface area contributed by atoms with E-state index in [0.29, 0.717) is 5.96 Å². The van der Waals surface area contributed by atoms with Gasteiger partial charge in [-0.1, -0.05) is 6.07 Å². The van der Waals surface area contributed by atoms with Crippen molar-refractivity contribution in [2.45, 2.75) is 19.5 Å². The average molecular weight is 455 g/mol. The first-order valence-electron chi connectivity index (χ1n) is 6.86. The van der Waals surface area contributed by atoms with E-state index >= 15 is 0 Å². The Hall–Kier alpha value is -1.23. The predicted molar refractivity (Wildman–Crippen MR) is 99.7 cm³/mol. The summed E-state index contributed by atoms with van der Waals surface area (Å²) in [6.45, 7) is -1.59. The lowest BCUT2D eigenvalue weighted by molar-refractivity contribution is 0.0668. The minimum Gasteiger partial charge on any atom is -0.349 e. The Morgan fingerprint density at radius 2 is 2.30 bits per heavy atom. The second-order valence-electron chi connectivity index (χ2n) is 4.68. The van der Waals surface area contributed by atoms with Gasteiger partial charge in [-0.3, -0.25) is 9.56 Å². The molecule has 2 heterocycles. The number of alkyl halides is 2. The first-order chi connectivity index (χ1) is 10.6. The van der Waals surface area contributed by atoms with Crippen LogP contribution in [0.15, 0.2) is 34.9 Å². The molecule has 23 heavy (non-hydrogen) atoms. The molecule has 0 aromatic carbocycles. The van der Waals surface area contributed by atoms with E-state index in [9.17, 15) is 8.78 Å².